The average Bonchev–Trinajstić information content (AvgIpc) is 2.17. The highest BCUT2D eigenvalue weighted by molar-refractivity contribution is 5.73. The van der Waals surface area contributed by atoms with Crippen LogP contribution in [-0.4, -0.2) is 15.2 Å². The van der Waals surface area contributed by atoms with Gasteiger partial charge in [0, 0.05) is 0 Å². The monoisotopic (exact) mass is 187 g/mol. The minimum Gasteiger partial charge on any atom is -0.233 e. The first kappa shape index (κ1) is 9.06. The van der Waals surface area contributed by atoms with Crippen molar-refractivity contribution >= 4 is 11.0 Å². The van der Waals surface area contributed by atoms with Crippen LogP contribution in [0.3, 0.4) is 0 Å². The van der Waals surface area contributed by atoms with Gasteiger partial charge in [-0.25, -0.2) is 4.98 Å². The molecule has 0 spiro atoms. The van der Waals surface area contributed by atoms with Gasteiger partial charge in [-0.3, -0.25) is 0 Å². The molecule has 0 radical (unpaired) electrons. The van der Waals surface area contributed by atoms with Crippen LogP contribution >= 0.6 is 0 Å². The number of hydrogen-bond acceptors (Lipinski definition) is 3. The van der Waals surface area contributed by atoms with E-state index in [4.69, 9.17) is 0 Å². The molecule has 0 saturated carbocycles. The standard InChI is InChI=1S/C11H13N3/c1-8(2)5-9-3-4-10-11(6-9)12-7-13-14-10/h3-4,6-8H,5H2,1-2H3. The second-order valence-electron chi connectivity index (χ2n) is 3.88. The van der Waals surface area contributed by atoms with Gasteiger partial charge in [-0.05, 0) is 30.0 Å². The normalized spacial score (nSPS) is 11.1. The Morgan fingerprint density at radius 2 is 2.07 bits per heavy atom. The molecule has 3 nitrogen and oxygen atoms in total. The molecule has 1 heterocycles. The lowest BCUT2D eigenvalue weighted by Gasteiger charge is -2.04. The predicted octanol–water partition coefficient (Wildman–Crippen LogP) is 2.22. The van der Waals surface area contributed by atoms with E-state index >= 15 is 0 Å². The van der Waals surface area contributed by atoms with Gasteiger partial charge in [0.2, 0.25) is 0 Å². The summed E-state index contributed by atoms with van der Waals surface area (Å²) in [4.78, 5) is 4.18. The minimum atomic E-state index is 0.669. The Morgan fingerprint density at radius 1 is 1.21 bits per heavy atom. The summed E-state index contributed by atoms with van der Waals surface area (Å²) in [6, 6.07) is 6.16. The molecule has 0 aliphatic heterocycles. The molecule has 0 aliphatic carbocycles. The van der Waals surface area contributed by atoms with E-state index in [0.29, 0.717) is 5.92 Å². The maximum absolute atomic E-state index is 4.18. The predicted molar refractivity (Wildman–Crippen MR) is 55.9 cm³/mol. The van der Waals surface area contributed by atoms with E-state index < -0.39 is 0 Å². The SMILES string of the molecule is CC(C)Cc1ccc2nncnc2c1. The minimum absolute atomic E-state index is 0.669. The van der Waals surface area contributed by atoms with Crippen LogP contribution in [0.15, 0.2) is 24.5 Å². The van der Waals surface area contributed by atoms with Crippen LogP contribution < -0.4 is 0 Å². The number of hydrogen-bond donors (Lipinski definition) is 0. The van der Waals surface area contributed by atoms with Gasteiger partial charge >= 0.3 is 0 Å². The Kier molecular flexibility index (Phi) is 2.39. The lowest BCUT2D eigenvalue weighted by Crippen LogP contribution is -1.95. The van der Waals surface area contributed by atoms with Crippen molar-refractivity contribution in [1.82, 2.24) is 15.2 Å². The first-order valence-electron chi connectivity index (χ1n) is 4.82. The maximum atomic E-state index is 4.18. The Morgan fingerprint density at radius 3 is 2.86 bits per heavy atom. The zero-order valence-corrected chi connectivity index (χ0v) is 8.44. The van der Waals surface area contributed by atoms with Crippen molar-refractivity contribution in [1.29, 1.82) is 0 Å². The van der Waals surface area contributed by atoms with Crippen LogP contribution in [0.1, 0.15) is 19.4 Å². The summed E-state index contributed by atoms with van der Waals surface area (Å²) < 4.78 is 0. The zero-order valence-electron chi connectivity index (χ0n) is 8.44. The fourth-order valence-corrected chi connectivity index (χ4v) is 1.53. The molecule has 3 heteroatoms. The molecule has 72 valence electrons. The molecular weight excluding hydrogens is 174 g/mol. The molecule has 14 heavy (non-hydrogen) atoms. The summed E-state index contributed by atoms with van der Waals surface area (Å²) in [6.45, 7) is 4.42. The molecule has 2 aromatic rings. The van der Waals surface area contributed by atoms with E-state index in [-0.39, 0.29) is 0 Å². The van der Waals surface area contributed by atoms with E-state index in [1.807, 2.05) is 6.07 Å². The van der Waals surface area contributed by atoms with Crippen molar-refractivity contribution in [3.8, 4) is 0 Å². The van der Waals surface area contributed by atoms with Crippen LogP contribution in [0, 0.1) is 5.92 Å². The smallest absolute Gasteiger partial charge is 0.138 e. The fourth-order valence-electron chi connectivity index (χ4n) is 1.53. The molecule has 0 bridgehead atoms. The van der Waals surface area contributed by atoms with E-state index in [9.17, 15) is 0 Å². The van der Waals surface area contributed by atoms with Gasteiger partial charge in [0.05, 0.1) is 5.52 Å². The number of nitrogens with zero attached hydrogens (tertiary/aromatic N) is 3. The quantitative estimate of drug-likeness (QED) is 0.723. The third-order valence-electron chi connectivity index (χ3n) is 2.10. The molecule has 1 aromatic heterocycles. The average molecular weight is 187 g/mol. The highest BCUT2D eigenvalue weighted by Gasteiger charge is 2.00. The second kappa shape index (κ2) is 3.70. The van der Waals surface area contributed by atoms with Gasteiger partial charge in [-0.1, -0.05) is 19.9 Å². The maximum Gasteiger partial charge on any atom is 0.138 e. The van der Waals surface area contributed by atoms with Crippen LogP contribution in [0.25, 0.3) is 11.0 Å². The second-order valence-corrected chi connectivity index (χ2v) is 3.88. The number of rotatable bonds is 2. The number of benzene rings is 1. The Hall–Kier alpha value is -1.51. The molecule has 0 aliphatic rings. The third-order valence-corrected chi connectivity index (χ3v) is 2.10. The molecule has 1 aromatic carbocycles. The number of fused-ring (bicyclic) bond motifs is 1. The summed E-state index contributed by atoms with van der Waals surface area (Å²) in [5.41, 5.74) is 3.10. The fraction of sp³-hybridized carbons (Fsp3) is 0.364. The summed E-state index contributed by atoms with van der Waals surface area (Å²) in [7, 11) is 0. The van der Waals surface area contributed by atoms with Crippen LogP contribution in [-0.2, 0) is 6.42 Å². The van der Waals surface area contributed by atoms with Crippen LogP contribution in [0.4, 0.5) is 0 Å². The molecule has 0 unspecified atom stereocenters. The Bertz CT molecular complexity index is 437. The van der Waals surface area contributed by atoms with Crippen molar-refractivity contribution in [2.45, 2.75) is 20.3 Å². The Labute approximate surface area is 83.2 Å². The van der Waals surface area contributed by atoms with Crippen LogP contribution in [0.5, 0.6) is 0 Å². The first-order valence-corrected chi connectivity index (χ1v) is 4.82. The van der Waals surface area contributed by atoms with E-state index in [0.717, 1.165) is 17.5 Å². The molecular formula is C11H13N3. The van der Waals surface area contributed by atoms with E-state index in [1.54, 1.807) is 0 Å². The number of aromatic nitrogens is 3. The van der Waals surface area contributed by atoms with Gasteiger partial charge in [-0.2, -0.15) is 0 Å². The summed E-state index contributed by atoms with van der Waals surface area (Å²) in [5.74, 6) is 0.669. The molecule has 0 N–H and O–H groups in total. The lowest BCUT2D eigenvalue weighted by molar-refractivity contribution is 0.647. The van der Waals surface area contributed by atoms with Crippen molar-refractivity contribution in [2.75, 3.05) is 0 Å². The summed E-state index contributed by atoms with van der Waals surface area (Å²) in [5, 5.41) is 7.73. The van der Waals surface area contributed by atoms with E-state index in [1.165, 1.54) is 11.9 Å². The third kappa shape index (κ3) is 1.87. The van der Waals surface area contributed by atoms with Gasteiger partial charge in [0.1, 0.15) is 11.8 Å². The molecule has 0 fully saturated rings. The van der Waals surface area contributed by atoms with Gasteiger partial charge in [0.25, 0.3) is 0 Å². The molecule has 0 saturated heterocycles. The van der Waals surface area contributed by atoms with E-state index in [2.05, 4.69) is 41.2 Å². The highest BCUT2D eigenvalue weighted by Crippen LogP contribution is 2.13. The highest BCUT2D eigenvalue weighted by atomic mass is 15.1. The zero-order chi connectivity index (χ0) is 9.97. The Balaban J connectivity index is 2.41. The van der Waals surface area contributed by atoms with Crippen molar-refractivity contribution in [3.63, 3.8) is 0 Å². The lowest BCUT2D eigenvalue weighted by atomic mass is 10.0. The van der Waals surface area contributed by atoms with Crippen molar-refractivity contribution < 1.29 is 0 Å². The van der Waals surface area contributed by atoms with Gasteiger partial charge in [0.15, 0.2) is 0 Å². The van der Waals surface area contributed by atoms with Gasteiger partial charge in [-0.15, -0.1) is 10.2 Å². The molecule has 2 rings (SSSR count). The van der Waals surface area contributed by atoms with Crippen molar-refractivity contribution in [2.24, 2.45) is 5.92 Å². The van der Waals surface area contributed by atoms with Crippen molar-refractivity contribution in [3.05, 3.63) is 30.1 Å². The molecule has 0 amide bonds. The summed E-state index contributed by atoms with van der Waals surface area (Å²) >= 11 is 0. The summed E-state index contributed by atoms with van der Waals surface area (Å²) in [6.07, 6.45) is 2.57. The largest absolute Gasteiger partial charge is 0.233 e. The molecule has 0 atom stereocenters. The van der Waals surface area contributed by atoms with Gasteiger partial charge < -0.3 is 0 Å². The van der Waals surface area contributed by atoms with Crippen LogP contribution in [0.2, 0.25) is 0 Å². The topological polar surface area (TPSA) is 38.7 Å². The first-order chi connectivity index (χ1) is 6.75.